The molecule has 0 amide bonds. The first-order chi connectivity index (χ1) is 11.4. The van der Waals surface area contributed by atoms with E-state index < -0.39 is 0 Å². The molecule has 0 spiro atoms. The lowest BCUT2D eigenvalue weighted by molar-refractivity contribution is -0.930. The van der Waals surface area contributed by atoms with E-state index in [0.717, 1.165) is 5.82 Å². The molecule has 1 aliphatic carbocycles. The normalized spacial score (nSPS) is 22.3. The van der Waals surface area contributed by atoms with Gasteiger partial charge in [0.15, 0.2) is 6.04 Å². The maximum Gasteiger partial charge on any atom is 0.215 e. The van der Waals surface area contributed by atoms with Crippen LogP contribution in [0.15, 0.2) is 17.5 Å². The summed E-state index contributed by atoms with van der Waals surface area (Å²) < 4.78 is 2.17. The van der Waals surface area contributed by atoms with Crippen LogP contribution in [-0.2, 0) is 0 Å². The van der Waals surface area contributed by atoms with Crippen molar-refractivity contribution < 1.29 is 4.90 Å². The summed E-state index contributed by atoms with van der Waals surface area (Å²) in [6, 6.07) is 5.23. The smallest absolute Gasteiger partial charge is 0.215 e. The number of hydrogen-bond donors (Lipinski definition) is 1. The lowest BCUT2D eigenvalue weighted by Gasteiger charge is -2.31. The van der Waals surface area contributed by atoms with Gasteiger partial charge in [-0.05, 0) is 54.0 Å². The van der Waals surface area contributed by atoms with E-state index in [1.165, 1.54) is 69.3 Å². The quantitative estimate of drug-likeness (QED) is 0.935. The Morgan fingerprint density at radius 2 is 1.87 bits per heavy atom. The van der Waals surface area contributed by atoms with Gasteiger partial charge in [-0.15, -0.1) is 16.4 Å². The van der Waals surface area contributed by atoms with Crippen LogP contribution in [0, 0.1) is 0 Å². The first kappa shape index (κ1) is 15.3. The zero-order valence-electron chi connectivity index (χ0n) is 13.7. The molecule has 6 heteroatoms. The van der Waals surface area contributed by atoms with Crippen LogP contribution in [0.4, 0.5) is 0 Å². The molecule has 1 saturated carbocycles. The summed E-state index contributed by atoms with van der Waals surface area (Å²) in [5.74, 6) is 1.09. The van der Waals surface area contributed by atoms with E-state index >= 15 is 0 Å². The zero-order valence-corrected chi connectivity index (χ0v) is 14.5. The Morgan fingerprint density at radius 1 is 1.09 bits per heavy atom. The summed E-state index contributed by atoms with van der Waals surface area (Å²) in [4.78, 5) is 3.05. The topological polar surface area (TPSA) is 48.0 Å². The maximum absolute atomic E-state index is 4.51. The lowest BCUT2D eigenvalue weighted by atomic mass is 9.95. The molecule has 2 aromatic heterocycles. The van der Waals surface area contributed by atoms with Gasteiger partial charge in [-0.3, -0.25) is 0 Å². The Kier molecular flexibility index (Phi) is 4.71. The Labute approximate surface area is 141 Å². The van der Waals surface area contributed by atoms with E-state index in [-0.39, 0.29) is 0 Å². The predicted molar refractivity (Wildman–Crippen MR) is 90.6 cm³/mol. The molecular formula is C17H26N5S+. The van der Waals surface area contributed by atoms with Crippen molar-refractivity contribution in [3.63, 3.8) is 0 Å². The summed E-state index contributed by atoms with van der Waals surface area (Å²) in [5, 5.41) is 15.2. The van der Waals surface area contributed by atoms with Crippen molar-refractivity contribution in [2.24, 2.45) is 0 Å². The second kappa shape index (κ2) is 7.09. The van der Waals surface area contributed by atoms with Crippen LogP contribution in [0.1, 0.15) is 74.2 Å². The maximum atomic E-state index is 4.51. The van der Waals surface area contributed by atoms with Crippen LogP contribution >= 0.6 is 11.3 Å². The molecule has 0 radical (unpaired) electrons. The van der Waals surface area contributed by atoms with Gasteiger partial charge < -0.3 is 4.90 Å². The molecule has 23 heavy (non-hydrogen) atoms. The fourth-order valence-electron chi connectivity index (χ4n) is 4.24. The predicted octanol–water partition coefficient (Wildman–Crippen LogP) is 2.40. The summed E-state index contributed by atoms with van der Waals surface area (Å²) in [6.07, 6.45) is 10.4. The van der Waals surface area contributed by atoms with Crippen molar-refractivity contribution in [2.75, 3.05) is 13.1 Å². The van der Waals surface area contributed by atoms with E-state index in [9.17, 15) is 0 Å². The van der Waals surface area contributed by atoms with Crippen LogP contribution in [0.2, 0.25) is 0 Å². The van der Waals surface area contributed by atoms with Crippen LogP contribution < -0.4 is 4.90 Å². The molecule has 5 nitrogen and oxygen atoms in total. The van der Waals surface area contributed by atoms with E-state index in [1.807, 2.05) is 11.3 Å². The van der Waals surface area contributed by atoms with Crippen molar-refractivity contribution in [3.8, 4) is 0 Å². The highest BCUT2D eigenvalue weighted by Crippen LogP contribution is 2.31. The van der Waals surface area contributed by atoms with Gasteiger partial charge in [0.1, 0.15) is 0 Å². The fourth-order valence-corrected chi connectivity index (χ4v) is 5.12. The number of tetrazole rings is 1. The van der Waals surface area contributed by atoms with Gasteiger partial charge >= 0.3 is 0 Å². The molecule has 4 rings (SSSR count). The number of aromatic nitrogens is 4. The number of thiophene rings is 1. The summed E-state index contributed by atoms with van der Waals surface area (Å²) >= 11 is 1.85. The van der Waals surface area contributed by atoms with E-state index in [4.69, 9.17) is 0 Å². The van der Waals surface area contributed by atoms with Gasteiger partial charge in [0, 0.05) is 0 Å². The first-order valence-corrected chi connectivity index (χ1v) is 9.97. The number of rotatable bonds is 4. The average Bonchev–Trinajstić information content (AvgIpc) is 3.30. The molecule has 0 unspecified atom stereocenters. The number of piperidine rings is 1. The highest BCUT2D eigenvalue weighted by atomic mass is 32.1. The second-order valence-electron chi connectivity index (χ2n) is 6.94. The van der Waals surface area contributed by atoms with Gasteiger partial charge in [0.25, 0.3) is 0 Å². The van der Waals surface area contributed by atoms with E-state index in [0.29, 0.717) is 12.1 Å². The minimum atomic E-state index is 0.312. The Hall–Kier alpha value is -1.27. The summed E-state index contributed by atoms with van der Waals surface area (Å²) in [6.45, 7) is 2.47. The molecule has 0 aromatic carbocycles. The third kappa shape index (κ3) is 3.19. The highest BCUT2D eigenvalue weighted by Gasteiger charge is 2.35. The first-order valence-electron chi connectivity index (χ1n) is 9.09. The molecule has 3 heterocycles. The third-order valence-corrected chi connectivity index (χ3v) is 6.37. The van der Waals surface area contributed by atoms with Crippen molar-refractivity contribution in [3.05, 3.63) is 28.2 Å². The van der Waals surface area contributed by atoms with Gasteiger partial charge in [-0.2, -0.15) is 0 Å². The Balaban J connectivity index is 1.67. The largest absolute Gasteiger partial charge is 0.322 e. The molecule has 1 aliphatic heterocycles. The minimum Gasteiger partial charge on any atom is -0.322 e. The zero-order chi connectivity index (χ0) is 15.5. The van der Waals surface area contributed by atoms with Gasteiger partial charge in [-0.25, -0.2) is 4.68 Å². The molecule has 2 aromatic rings. The molecule has 0 bridgehead atoms. The van der Waals surface area contributed by atoms with Gasteiger partial charge in [0.2, 0.25) is 5.82 Å². The molecule has 2 aliphatic rings. The fraction of sp³-hybridized carbons (Fsp3) is 0.706. The number of likely N-dealkylation sites (tertiary alicyclic amines) is 1. The number of nitrogens with zero attached hydrogens (tertiary/aromatic N) is 4. The number of hydrogen-bond acceptors (Lipinski definition) is 4. The third-order valence-electron chi connectivity index (χ3n) is 5.43. The Bertz CT molecular complexity index is 596. The van der Waals surface area contributed by atoms with Gasteiger partial charge in [-0.1, -0.05) is 25.3 Å². The van der Waals surface area contributed by atoms with Crippen LogP contribution in [-0.4, -0.2) is 33.3 Å². The Morgan fingerprint density at radius 3 is 2.61 bits per heavy atom. The monoisotopic (exact) mass is 332 g/mol. The summed E-state index contributed by atoms with van der Waals surface area (Å²) in [7, 11) is 0. The van der Waals surface area contributed by atoms with Crippen LogP contribution in [0.3, 0.4) is 0 Å². The molecule has 2 fully saturated rings. The molecule has 1 atom stereocenters. The van der Waals surface area contributed by atoms with Crippen molar-refractivity contribution in [1.82, 2.24) is 20.2 Å². The van der Waals surface area contributed by atoms with E-state index in [1.54, 1.807) is 4.90 Å². The standard InChI is InChI=1S/C17H25N5S/c1-3-8-14(9-4-1)22-17(18-19-20-22)16(15-10-7-13-23-15)21-11-5-2-6-12-21/h7,10,13-14,16H,1-6,8-9,11-12H2/p+1/t16-/m1/s1. The average molecular weight is 332 g/mol. The molecule has 1 N–H and O–H groups in total. The SMILES string of the molecule is c1csc([C@H](c2nnnn2C2CCCCC2)[NH+]2CCCCC2)c1. The number of nitrogens with one attached hydrogen (secondary N) is 1. The van der Waals surface area contributed by atoms with Crippen molar-refractivity contribution in [2.45, 2.75) is 63.5 Å². The highest BCUT2D eigenvalue weighted by molar-refractivity contribution is 7.10. The molecule has 1 saturated heterocycles. The van der Waals surface area contributed by atoms with Gasteiger partial charge in [0.05, 0.1) is 24.0 Å². The van der Waals surface area contributed by atoms with E-state index in [2.05, 4.69) is 37.7 Å². The van der Waals surface area contributed by atoms with Crippen molar-refractivity contribution >= 4 is 11.3 Å². The minimum absolute atomic E-state index is 0.312. The van der Waals surface area contributed by atoms with Crippen LogP contribution in [0.5, 0.6) is 0 Å². The van der Waals surface area contributed by atoms with Crippen LogP contribution in [0.25, 0.3) is 0 Å². The number of quaternary nitrogens is 1. The molecular weight excluding hydrogens is 306 g/mol. The summed E-state index contributed by atoms with van der Waals surface area (Å²) in [5.41, 5.74) is 0. The second-order valence-corrected chi connectivity index (χ2v) is 7.92. The molecule has 124 valence electrons. The van der Waals surface area contributed by atoms with Crippen molar-refractivity contribution in [1.29, 1.82) is 0 Å². The lowest BCUT2D eigenvalue weighted by Crippen LogP contribution is -3.13.